The molecule has 6 nitrogen and oxygen atoms in total. The summed E-state index contributed by atoms with van der Waals surface area (Å²) in [5, 5.41) is 5.25. The average Bonchev–Trinajstić information content (AvgIpc) is 2.97. The number of carbonyl (C=O) groups is 3. The van der Waals surface area contributed by atoms with E-state index in [0.717, 1.165) is 17.7 Å². The number of urea groups is 1. The van der Waals surface area contributed by atoms with Crippen LogP contribution in [0.15, 0.2) is 48.5 Å². The summed E-state index contributed by atoms with van der Waals surface area (Å²) in [6.07, 6.45) is 4.32. The number of aryl methyl sites for hydroxylation is 1. The van der Waals surface area contributed by atoms with Gasteiger partial charge in [-0.3, -0.25) is 9.59 Å². The lowest BCUT2D eigenvalue weighted by atomic mass is 10.1. The number of carbonyl (C=O) groups excluding carboxylic acids is 3. The molecule has 1 heterocycles. The third-order valence-corrected chi connectivity index (χ3v) is 4.80. The Morgan fingerprint density at radius 1 is 1.07 bits per heavy atom. The van der Waals surface area contributed by atoms with E-state index in [2.05, 4.69) is 17.6 Å². The quantitative estimate of drug-likeness (QED) is 0.522. The van der Waals surface area contributed by atoms with Crippen LogP contribution in [0.25, 0.3) is 0 Å². The van der Waals surface area contributed by atoms with E-state index in [1.165, 1.54) is 42.7 Å². The Kier molecular flexibility index (Phi) is 6.59. The van der Waals surface area contributed by atoms with E-state index < -0.39 is 23.8 Å². The van der Waals surface area contributed by atoms with Crippen molar-refractivity contribution in [3.05, 3.63) is 59.9 Å². The molecule has 2 N–H and O–H groups in total. The molecule has 0 radical (unpaired) electrons. The van der Waals surface area contributed by atoms with Gasteiger partial charge in [0.2, 0.25) is 5.91 Å². The van der Waals surface area contributed by atoms with Gasteiger partial charge in [-0.15, -0.1) is 0 Å². The minimum Gasteiger partial charge on any atom is -0.326 e. The summed E-state index contributed by atoms with van der Waals surface area (Å²) in [5.74, 6) is -1.38. The van der Waals surface area contributed by atoms with Crippen molar-refractivity contribution in [2.75, 3.05) is 10.2 Å². The van der Waals surface area contributed by atoms with Crippen LogP contribution in [0.3, 0.4) is 0 Å². The van der Waals surface area contributed by atoms with Crippen LogP contribution in [0.1, 0.15) is 38.2 Å². The van der Waals surface area contributed by atoms with Crippen molar-refractivity contribution in [2.45, 2.75) is 45.1 Å². The van der Waals surface area contributed by atoms with Gasteiger partial charge in [-0.25, -0.2) is 14.1 Å². The molecule has 3 rings (SSSR count). The number of unbranched alkanes of at least 4 members (excludes halogenated alkanes) is 2. The first-order valence-corrected chi connectivity index (χ1v) is 9.76. The van der Waals surface area contributed by atoms with Crippen LogP contribution >= 0.6 is 0 Å². The van der Waals surface area contributed by atoms with Crippen molar-refractivity contribution in [3.8, 4) is 0 Å². The lowest BCUT2D eigenvalue weighted by molar-refractivity contribution is -0.122. The highest BCUT2D eigenvalue weighted by molar-refractivity contribution is 6.22. The Hall–Kier alpha value is -3.22. The average molecular weight is 397 g/mol. The van der Waals surface area contributed by atoms with E-state index in [4.69, 9.17) is 0 Å². The normalized spacial score (nSPS) is 16.1. The zero-order valence-corrected chi connectivity index (χ0v) is 16.3. The summed E-state index contributed by atoms with van der Waals surface area (Å²) in [6, 6.07) is 11.1. The van der Waals surface area contributed by atoms with Crippen molar-refractivity contribution in [2.24, 2.45) is 0 Å². The fourth-order valence-corrected chi connectivity index (χ4v) is 3.24. The van der Waals surface area contributed by atoms with E-state index in [1.54, 1.807) is 0 Å². The molecule has 0 spiro atoms. The van der Waals surface area contributed by atoms with Crippen LogP contribution < -0.4 is 15.5 Å². The summed E-state index contributed by atoms with van der Waals surface area (Å²) in [7, 11) is 0. The van der Waals surface area contributed by atoms with E-state index in [1.807, 2.05) is 24.3 Å². The van der Waals surface area contributed by atoms with Gasteiger partial charge in [-0.05, 0) is 54.8 Å². The highest BCUT2D eigenvalue weighted by atomic mass is 19.1. The molecule has 1 unspecified atom stereocenters. The van der Waals surface area contributed by atoms with Crippen molar-refractivity contribution in [1.82, 2.24) is 5.32 Å². The smallest absolute Gasteiger partial charge is 0.326 e. The molecule has 0 bridgehead atoms. The van der Waals surface area contributed by atoms with Gasteiger partial charge in [0, 0.05) is 5.69 Å². The number of halogens is 1. The van der Waals surface area contributed by atoms with Crippen molar-refractivity contribution in [3.63, 3.8) is 0 Å². The molecule has 29 heavy (non-hydrogen) atoms. The van der Waals surface area contributed by atoms with Crippen LogP contribution in [0.5, 0.6) is 0 Å². The number of amides is 4. The summed E-state index contributed by atoms with van der Waals surface area (Å²) < 4.78 is 13.1. The first kappa shape index (κ1) is 20.5. The van der Waals surface area contributed by atoms with Crippen LogP contribution in [0, 0.1) is 5.82 Å². The molecular weight excluding hydrogens is 373 g/mol. The first-order valence-electron chi connectivity index (χ1n) is 9.76. The number of rotatable bonds is 8. The van der Waals surface area contributed by atoms with Crippen LogP contribution in [-0.2, 0) is 16.0 Å². The van der Waals surface area contributed by atoms with Gasteiger partial charge in [0.15, 0.2) is 0 Å². The molecule has 0 saturated carbocycles. The molecule has 0 aromatic heterocycles. The number of nitrogens with zero attached hydrogens (tertiary/aromatic N) is 1. The van der Waals surface area contributed by atoms with Crippen LogP contribution in [0.2, 0.25) is 0 Å². The fourth-order valence-electron chi connectivity index (χ4n) is 3.24. The summed E-state index contributed by atoms with van der Waals surface area (Å²) in [4.78, 5) is 37.9. The summed E-state index contributed by atoms with van der Waals surface area (Å²) in [6.45, 7) is 2.16. The van der Waals surface area contributed by atoms with Gasteiger partial charge in [-0.1, -0.05) is 31.9 Å². The summed E-state index contributed by atoms with van der Waals surface area (Å²) >= 11 is 0. The second-order valence-electron chi connectivity index (χ2n) is 7.06. The predicted molar refractivity (Wildman–Crippen MR) is 109 cm³/mol. The van der Waals surface area contributed by atoms with Gasteiger partial charge >= 0.3 is 6.03 Å². The van der Waals surface area contributed by atoms with Crippen LogP contribution in [0.4, 0.5) is 20.6 Å². The number of benzene rings is 2. The molecule has 1 saturated heterocycles. The minimum absolute atomic E-state index is 0.180. The van der Waals surface area contributed by atoms with Gasteiger partial charge in [0.1, 0.15) is 11.9 Å². The molecular formula is C22H24FN3O3. The van der Waals surface area contributed by atoms with Crippen molar-refractivity contribution < 1.29 is 18.8 Å². The minimum atomic E-state index is -0.958. The number of hydrogen-bond donors (Lipinski definition) is 2. The zero-order valence-electron chi connectivity index (χ0n) is 16.3. The van der Waals surface area contributed by atoms with E-state index >= 15 is 0 Å². The fraction of sp³-hybridized carbons (Fsp3) is 0.318. The number of hydrogen-bond acceptors (Lipinski definition) is 3. The van der Waals surface area contributed by atoms with Gasteiger partial charge in [0.25, 0.3) is 5.91 Å². The van der Waals surface area contributed by atoms with Gasteiger partial charge < -0.3 is 10.6 Å². The molecule has 2 aromatic rings. The molecule has 2 aromatic carbocycles. The number of imide groups is 1. The van der Waals surface area contributed by atoms with Crippen molar-refractivity contribution in [1.29, 1.82) is 0 Å². The highest BCUT2D eigenvalue weighted by Crippen LogP contribution is 2.21. The second-order valence-corrected chi connectivity index (χ2v) is 7.06. The molecule has 0 aliphatic carbocycles. The SMILES string of the molecule is CCCCCc1ccc(NC(=O)CC2NC(=O)N(c3ccc(F)cc3)C2=O)cc1. The first-order chi connectivity index (χ1) is 14.0. The maximum absolute atomic E-state index is 13.1. The van der Waals surface area contributed by atoms with Gasteiger partial charge in [-0.2, -0.15) is 0 Å². The third kappa shape index (κ3) is 5.19. The van der Waals surface area contributed by atoms with E-state index in [-0.39, 0.29) is 18.0 Å². The standard InChI is InChI=1S/C22H24FN3O3/c1-2-3-4-5-15-6-10-17(11-7-15)24-20(27)14-19-21(28)26(22(29)25-19)18-12-8-16(23)9-13-18/h6-13,19H,2-5,14H2,1H3,(H,24,27)(H,25,29). The van der Waals surface area contributed by atoms with Gasteiger partial charge in [0.05, 0.1) is 12.1 Å². The number of nitrogens with one attached hydrogen (secondary N) is 2. The second kappa shape index (κ2) is 9.32. The largest absolute Gasteiger partial charge is 0.329 e. The Morgan fingerprint density at radius 2 is 1.76 bits per heavy atom. The summed E-state index contributed by atoms with van der Waals surface area (Å²) in [5.41, 5.74) is 2.11. The maximum atomic E-state index is 13.1. The molecule has 1 fully saturated rings. The third-order valence-electron chi connectivity index (χ3n) is 4.80. The molecule has 4 amide bonds. The Morgan fingerprint density at radius 3 is 2.41 bits per heavy atom. The van der Waals surface area contributed by atoms with Crippen LogP contribution in [-0.4, -0.2) is 23.9 Å². The molecule has 1 aliphatic rings. The predicted octanol–water partition coefficient (Wildman–Crippen LogP) is 4.01. The molecule has 1 atom stereocenters. The molecule has 152 valence electrons. The lowest BCUT2D eigenvalue weighted by Crippen LogP contribution is -2.34. The Balaban J connectivity index is 1.56. The Labute approximate surface area is 169 Å². The maximum Gasteiger partial charge on any atom is 0.329 e. The highest BCUT2D eigenvalue weighted by Gasteiger charge is 2.40. The lowest BCUT2D eigenvalue weighted by Gasteiger charge is -2.13. The zero-order chi connectivity index (χ0) is 20.8. The monoisotopic (exact) mass is 397 g/mol. The topological polar surface area (TPSA) is 78.5 Å². The molecule has 1 aliphatic heterocycles. The molecule has 7 heteroatoms. The Bertz CT molecular complexity index is 881. The van der Waals surface area contributed by atoms with Crippen molar-refractivity contribution >= 4 is 29.2 Å². The number of anilines is 2. The van der Waals surface area contributed by atoms with E-state index in [0.29, 0.717) is 5.69 Å². The van der Waals surface area contributed by atoms with E-state index in [9.17, 15) is 18.8 Å².